The number of ether oxygens (including phenoxy) is 3. The number of Topliss-reactive ketones (excluding diaryl/α,β-unsaturated/α-hetero) is 1. The quantitative estimate of drug-likeness (QED) is 0.181. The molecule has 3 aromatic carbocycles. The largest absolute Gasteiger partial charge is 0.494 e. The highest BCUT2D eigenvalue weighted by molar-refractivity contribution is 6.14. The van der Waals surface area contributed by atoms with E-state index in [1.807, 2.05) is 6.92 Å². The van der Waals surface area contributed by atoms with E-state index in [-0.39, 0.29) is 28.5 Å². The maximum absolute atomic E-state index is 12.7. The van der Waals surface area contributed by atoms with Crippen molar-refractivity contribution >= 4 is 23.5 Å². The van der Waals surface area contributed by atoms with E-state index in [1.165, 1.54) is 30.3 Å². The number of rotatable bonds is 6. The average molecular weight is 431 g/mol. The van der Waals surface area contributed by atoms with Gasteiger partial charge in [-0.1, -0.05) is 18.2 Å². The van der Waals surface area contributed by atoms with Crippen LogP contribution in [0.3, 0.4) is 0 Å². The summed E-state index contributed by atoms with van der Waals surface area (Å²) < 4.78 is 16.6. The molecular formula is C24H17NO7. The van der Waals surface area contributed by atoms with Crippen molar-refractivity contribution in [2.45, 2.75) is 6.92 Å². The Morgan fingerprint density at radius 3 is 2.56 bits per heavy atom. The van der Waals surface area contributed by atoms with E-state index in [2.05, 4.69) is 0 Å². The van der Waals surface area contributed by atoms with Gasteiger partial charge in [0.05, 0.1) is 22.7 Å². The van der Waals surface area contributed by atoms with Crippen molar-refractivity contribution in [2.75, 3.05) is 6.61 Å². The molecule has 0 amide bonds. The maximum Gasteiger partial charge on any atom is 0.343 e. The molecule has 0 fully saturated rings. The average Bonchev–Trinajstić information content (AvgIpc) is 3.10. The second-order valence-electron chi connectivity index (χ2n) is 6.76. The van der Waals surface area contributed by atoms with E-state index in [0.717, 1.165) is 0 Å². The summed E-state index contributed by atoms with van der Waals surface area (Å²) in [4.78, 5) is 35.4. The van der Waals surface area contributed by atoms with Gasteiger partial charge in [-0.15, -0.1) is 0 Å². The van der Waals surface area contributed by atoms with Crippen LogP contribution in [-0.2, 0) is 0 Å². The number of carbonyl (C=O) groups is 2. The van der Waals surface area contributed by atoms with Crippen LogP contribution >= 0.6 is 0 Å². The molecule has 0 saturated heterocycles. The molecule has 0 radical (unpaired) electrons. The fourth-order valence-electron chi connectivity index (χ4n) is 3.14. The van der Waals surface area contributed by atoms with Crippen LogP contribution in [0.1, 0.15) is 33.2 Å². The van der Waals surface area contributed by atoms with Crippen molar-refractivity contribution in [1.82, 2.24) is 0 Å². The number of non-ortho nitro benzene ring substituents is 1. The Labute approximate surface area is 182 Å². The molecule has 0 aromatic heterocycles. The molecule has 1 aliphatic rings. The molecule has 3 aromatic rings. The van der Waals surface area contributed by atoms with Crippen LogP contribution in [0.4, 0.5) is 5.69 Å². The van der Waals surface area contributed by atoms with Gasteiger partial charge in [-0.2, -0.15) is 0 Å². The summed E-state index contributed by atoms with van der Waals surface area (Å²) in [5.74, 6) is 0.317. The Bertz CT molecular complexity index is 1250. The van der Waals surface area contributed by atoms with Crippen molar-refractivity contribution in [3.05, 3.63) is 99.3 Å². The first kappa shape index (κ1) is 20.8. The number of hydrogen-bond donors (Lipinski definition) is 0. The number of esters is 1. The minimum Gasteiger partial charge on any atom is -0.494 e. The number of nitro benzene ring substituents is 1. The summed E-state index contributed by atoms with van der Waals surface area (Å²) in [6.07, 6.45) is 1.50. The maximum atomic E-state index is 12.7. The Morgan fingerprint density at radius 1 is 1.09 bits per heavy atom. The molecule has 1 heterocycles. The molecule has 0 spiro atoms. The molecule has 0 N–H and O–H groups in total. The second kappa shape index (κ2) is 8.73. The zero-order chi connectivity index (χ0) is 22.7. The molecule has 160 valence electrons. The van der Waals surface area contributed by atoms with Crippen LogP contribution in [0.2, 0.25) is 0 Å². The van der Waals surface area contributed by atoms with E-state index >= 15 is 0 Å². The summed E-state index contributed by atoms with van der Waals surface area (Å²) in [5.41, 5.74) is 0.904. The highest BCUT2D eigenvalue weighted by atomic mass is 16.6. The topological polar surface area (TPSA) is 105 Å². The second-order valence-corrected chi connectivity index (χ2v) is 6.76. The Hall–Kier alpha value is -4.46. The van der Waals surface area contributed by atoms with Gasteiger partial charge in [0.1, 0.15) is 17.2 Å². The van der Waals surface area contributed by atoms with Crippen molar-refractivity contribution in [3.8, 4) is 17.2 Å². The van der Waals surface area contributed by atoms with Gasteiger partial charge in [0.2, 0.25) is 5.78 Å². The number of hydrogen-bond acceptors (Lipinski definition) is 7. The normalized spacial score (nSPS) is 13.4. The number of fused-ring (bicyclic) bond motifs is 1. The van der Waals surface area contributed by atoms with Crippen LogP contribution in [0.15, 0.2) is 72.5 Å². The Balaban J connectivity index is 1.57. The van der Waals surface area contributed by atoms with Crippen molar-refractivity contribution < 1.29 is 28.7 Å². The zero-order valence-electron chi connectivity index (χ0n) is 16.9. The molecule has 1 aliphatic heterocycles. The number of benzene rings is 3. The third-order valence-corrected chi connectivity index (χ3v) is 4.67. The molecule has 0 saturated carbocycles. The molecule has 8 nitrogen and oxygen atoms in total. The zero-order valence-corrected chi connectivity index (χ0v) is 16.9. The molecular weight excluding hydrogens is 414 g/mol. The van der Waals surface area contributed by atoms with E-state index in [0.29, 0.717) is 29.2 Å². The molecule has 0 aliphatic carbocycles. The van der Waals surface area contributed by atoms with Crippen molar-refractivity contribution in [2.24, 2.45) is 0 Å². The predicted molar refractivity (Wildman–Crippen MR) is 115 cm³/mol. The molecule has 8 heteroatoms. The molecule has 0 atom stereocenters. The standard InChI is InChI=1S/C24H17NO7/c1-2-30-18-11-12-19-21(14-18)31-22(23(19)26)13-16-5-3-4-6-20(16)32-24(27)15-7-9-17(10-8-15)25(28)29/h3-14H,2H2,1H3/b22-13-. The van der Waals surface area contributed by atoms with Gasteiger partial charge in [-0.05, 0) is 43.3 Å². The van der Waals surface area contributed by atoms with Crippen LogP contribution in [0.25, 0.3) is 6.08 Å². The highest BCUT2D eigenvalue weighted by Crippen LogP contribution is 2.35. The van der Waals surface area contributed by atoms with Crippen LogP contribution in [0, 0.1) is 10.1 Å². The number of para-hydroxylation sites is 1. The lowest BCUT2D eigenvalue weighted by Crippen LogP contribution is -2.09. The van der Waals surface area contributed by atoms with Crippen LogP contribution in [-0.4, -0.2) is 23.3 Å². The SMILES string of the molecule is CCOc1ccc2c(c1)O/C(=C\c1ccccc1OC(=O)c1ccc([N+](=O)[O-])cc1)C2=O. The first-order chi connectivity index (χ1) is 15.5. The lowest BCUT2D eigenvalue weighted by molar-refractivity contribution is -0.384. The summed E-state index contributed by atoms with van der Waals surface area (Å²) >= 11 is 0. The molecule has 4 rings (SSSR count). The van der Waals surface area contributed by atoms with Gasteiger partial charge in [0, 0.05) is 23.8 Å². The Morgan fingerprint density at radius 2 is 1.84 bits per heavy atom. The van der Waals surface area contributed by atoms with Gasteiger partial charge < -0.3 is 14.2 Å². The Kier molecular flexibility index (Phi) is 5.67. The first-order valence-corrected chi connectivity index (χ1v) is 9.73. The fraction of sp³-hybridized carbons (Fsp3) is 0.0833. The fourth-order valence-corrected chi connectivity index (χ4v) is 3.14. The molecule has 0 unspecified atom stereocenters. The summed E-state index contributed by atoms with van der Waals surface area (Å²) in [6.45, 7) is 2.35. The van der Waals surface area contributed by atoms with Gasteiger partial charge in [-0.3, -0.25) is 14.9 Å². The monoisotopic (exact) mass is 431 g/mol. The minimum absolute atomic E-state index is 0.0903. The molecule has 0 bridgehead atoms. The molecule has 32 heavy (non-hydrogen) atoms. The lowest BCUT2D eigenvalue weighted by atomic mass is 10.1. The van der Waals surface area contributed by atoms with E-state index in [9.17, 15) is 19.7 Å². The number of nitrogens with zero attached hydrogens (tertiary/aromatic N) is 1. The van der Waals surface area contributed by atoms with Crippen LogP contribution in [0.5, 0.6) is 17.2 Å². The number of ketones is 1. The van der Waals surface area contributed by atoms with Crippen molar-refractivity contribution in [1.29, 1.82) is 0 Å². The summed E-state index contributed by atoms with van der Waals surface area (Å²) in [6, 6.07) is 16.7. The summed E-state index contributed by atoms with van der Waals surface area (Å²) in [7, 11) is 0. The number of allylic oxidation sites excluding steroid dienone is 1. The van der Waals surface area contributed by atoms with E-state index in [1.54, 1.807) is 42.5 Å². The van der Waals surface area contributed by atoms with Crippen molar-refractivity contribution in [3.63, 3.8) is 0 Å². The minimum atomic E-state index is -0.686. The van der Waals surface area contributed by atoms with Gasteiger partial charge in [0.15, 0.2) is 5.76 Å². The smallest absolute Gasteiger partial charge is 0.343 e. The van der Waals surface area contributed by atoms with E-state index < -0.39 is 10.9 Å². The number of carbonyl (C=O) groups excluding carboxylic acids is 2. The third kappa shape index (κ3) is 4.20. The lowest BCUT2D eigenvalue weighted by Gasteiger charge is -2.08. The highest BCUT2D eigenvalue weighted by Gasteiger charge is 2.28. The summed E-state index contributed by atoms with van der Waals surface area (Å²) in [5, 5.41) is 10.8. The van der Waals surface area contributed by atoms with Gasteiger partial charge in [0.25, 0.3) is 5.69 Å². The van der Waals surface area contributed by atoms with Crippen LogP contribution < -0.4 is 14.2 Å². The first-order valence-electron chi connectivity index (χ1n) is 9.73. The third-order valence-electron chi connectivity index (χ3n) is 4.67. The predicted octanol–water partition coefficient (Wildman–Crippen LogP) is 4.83. The number of nitro groups is 1. The van der Waals surface area contributed by atoms with E-state index in [4.69, 9.17) is 14.2 Å². The van der Waals surface area contributed by atoms with Gasteiger partial charge >= 0.3 is 5.97 Å². The van der Waals surface area contributed by atoms with Gasteiger partial charge in [-0.25, -0.2) is 4.79 Å².